The summed E-state index contributed by atoms with van der Waals surface area (Å²) in [5.41, 5.74) is 2.66. The minimum absolute atomic E-state index is 0.598. The van der Waals surface area contributed by atoms with Crippen molar-refractivity contribution in [3.05, 3.63) is 17.6 Å². The van der Waals surface area contributed by atoms with Gasteiger partial charge in [0.25, 0.3) is 0 Å². The highest BCUT2D eigenvalue weighted by molar-refractivity contribution is 7.99. The molecule has 98 valence electrons. The first-order valence-corrected chi connectivity index (χ1v) is 8.29. The third-order valence-electron chi connectivity index (χ3n) is 4.20. The van der Waals surface area contributed by atoms with Crippen molar-refractivity contribution in [2.45, 2.75) is 56.2 Å². The summed E-state index contributed by atoms with van der Waals surface area (Å²) >= 11 is 1.99. The van der Waals surface area contributed by atoms with Gasteiger partial charge in [0.1, 0.15) is 12.1 Å². The number of rotatable bonds is 3. The van der Waals surface area contributed by atoms with Gasteiger partial charge in [-0.25, -0.2) is 9.97 Å². The number of hydrogen-bond acceptors (Lipinski definition) is 4. The summed E-state index contributed by atoms with van der Waals surface area (Å²) in [5.74, 6) is 1.12. The first-order chi connectivity index (χ1) is 8.88. The maximum Gasteiger partial charge on any atom is 0.133 e. The fourth-order valence-electron chi connectivity index (χ4n) is 3.19. The second-order valence-corrected chi connectivity index (χ2v) is 6.39. The summed E-state index contributed by atoms with van der Waals surface area (Å²) in [7, 11) is 0. The Hall–Kier alpha value is -0.770. The van der Waals surface area contributed by atoms with Gasteiger partial charge in [-0.1, -0.05) is 6.42 Å². The molecule has 2 aliphatic rings. The molecular weight excluding hydrogens is 242 g/mol. The van der Waals surface area contributed by atoms with Crippen molar-refractivity contribution < 1.29 is 0 Å². The summed E-state index contributed by atoms with van der Waals surface area (Å²) < 4.78 is 0. The predicted molar refractivity (Wildman–Crippen MR) is 77.2 cm³/mol. The number of thioether (sulfide) groups is 1. The molecule has 18 heavy (non-hydrogen) atoms. The maximum atomic E-state index is 4.49. The molecule has 1 aromatic rings. The molecule has 0 aromatic carbocycles. The van der Waals surface area contributed by atoms with Crippen LogP contribution in [0.5, 0.6) is 0 Å². The van der Waals surface area contributed by atoms with Crippen LogP contribution in [0.15, 0.2) is 6.33 Å². The topological polar surface area (TPSA) is 37.8 Å². The lowest BCUT2D eigenvalue weighted by molar-refractivity contribution is 0.659. The van der Waals surface area contributed by atoms with E-state index in [-0.39, 0.29) is 0 Å². The molecule has 2 atom stereocenters. The van der Waals surface area contributed by atoms with E-state index in [0.717, 1.165) is 23.9 Å². The van der Waals surface area contributed by atoms with Crippen LogP contribution in [0.1, 0.15) is 43.4 Å². The minimum atomic E-state index is 0.598. The van der Waals surface area contributed by atoms with Gasteiger partial charge in [0.05, 0.1) is 0 Å². The number of nitrogens with one attached hydrogen (secondary N) is 1. The smallest absolute Gasteiger partial charge is 0.133 e. The van der Waals surface area contributed by atoms with Gasteiger partial charge < -0.3 is 5.32 Å². The van der Waals surface area contributed by atoms with Gasteiger partial charge in [-0.3, -0.25) is 0 Å². The molecule has 3 nitrogen and oxygen atoms in total. The van der Waals surface area contributed by atoms with Crippen LogP contribution in [0.25, 0.3) is 0 Å². The third kappa shape index (κ3) is 2.35. The number of anilines is 1. The van der Waals surface area contributed by atoms with Crippen molar-refractivity contribution in [2.75, 3.05) is 11.6 Å². The van der Waals surface area contributed by atoms with Crippen molar-refractivity contribution in [2.24, 2.45) is 0 Å². The zero-order valence-electron chi connectivity index (χ0n) is 11.0. The van der Waals surface area contributed by atoms with Crippen LogP contribution in [0.4, 0.5) is 5.82 Å². The number of hydrogen-bond donors (Lipinski definition) is 1. The molecule has 0 radical (unpaired) electrons. The van der Waals surface area contributed by atoms with Gasteiger partial charge in [0, 0.05) is 22.5 Å². The highest BCUT2D eigenvalue weighted by atomic mass is 32.2. The Morgan fingerprint density at radius 1 is 1.17 bits per heavy atom. The largest absolute Gasteiger partial charge is 0.366 e. The first kappa shape index (κ1) is 12.3. The van der Waals surface area contributed by atoms with Gasteiger partial charge >= 0.3 is 0 Å². The number of aryl methyl sites for hydroxylation is 1. The fourth-order valence-corrected chi connectivity index (χ4v) is 4.13. The SMILES string of the molecule is CSC1CCCC1Nc1ncnc2c1CCCC2. The highest BCUT2D eigenvalue weighted by Crippen LogP contribution is 2.32. The Labute approximate surface area is 113 Å². The molecule has 1 N–H and O–H groups in total. The maximum absolute atomic E-state index is 4.49. The standard InChI is InChI=1S/C14H21N3S/c1-18-13-8-4-7-12(13)17-14-10-5-2-3-6-11(10)15-9-16-14/h9,12-13H,2-8H2,1H3,(H,15,16,17). The Morgan fingerprint density at radius 3 is 2.94 bits per heavy atom. The Balaban J connectivity index is 1.80. The monoisotopic (exact) mass is 263 g/mol. The minimum Gasteiger partial charge on any atom is -0.366 e. The zero-order chi connectivity index (χ0) is 12.4. The molecule has 2 aliphatic carbocycles. The zero-order valence-corrected chi connectivity index (χ0v) is 11.8. The fraction of sp³-hybridized carbons (Fsp3) is 0.714. The van der Waals surface area contributed by atoms with Crippen LogP contribution in [-0.4, -0.2) is 27.5 Å². The number of fused-ring (bicyclic) bond motifs is 1. The van der Waals surface area contributed by atoms with Crippen LogP contribution in [0.2, 0.25) is 0 Å². The second kappa shape index (κ2) is 5.47. The van der Waals surface area contributed by atoms with Gasteiger partial charge in [-0.05, 0) is 44.8 Å². The lowest BCUT2D eigenvalue weighted by atomic mass is 9.96. The molecule has 0 spiro atoms. The number of aromatic nitrogens is 2. The van der Waals surface area contributed by atoms with Crippen molar-refractivity contribution in [3.8, 4) is 0 Å². The van der Waals surface area contributed by atoms with Crippen molar-refractivity contribution in [1.82, 2.24) is 9.97 Å². The van der Waals surface area contributed by atoms with Gasteiger partial charge in [0.2, 0.25) is 0 Å². The van der Waals surface area contributed by atoms with E-state index in [1.807, 2.05) is 11.8 Å². The molecule has 0 saturated heterocycles. The molecule has 1 saturated carbocycles. The lowest BCUT2D eigenvalue weighted by Crippen LogP contribution is -2.27. The van der Waals surface area contributed by atoms with Crippen molar-refractivity contribution in [3.63, 3.8) is 0 Å². The summed E-state index contributed by atoms with van der Waals surface area (Å²) in [6, 6.07) is 0.598. The highest BCUT2D eigenvalue weighted by Gasteiger charge is 2.27. The average Bonchev–Trinajstić information content (AvgIpc) is 2.86. The quantitative estimate of drug-likeness (QED) is 0.909. The Bertz CT molecular complexity index is 422. The second-order valence-electron chi connectivity index (χ2n) is 5.31. The van der Waals surface area contributed by atoms with Crippen LogP contribution in [0.3, 0.4) is 0 Å². The average molecular weight is 263 g/mol. The predicted octanol–water partition coefficient (Wildman–Crippen LogP) is 3.05. The van der Waals surface area contributed by atoms with E-state index in [1.165, 1.54) is 43.4 Å². The Morgan fingerprint density at radius 2 is 2.06 bits per heavy atom. The number of nitrogens with zero attached hydrogens (tertiary/aromatic N) is 2. The van der Waals surface area contributed by atoms with Gasteiger partial charge in [-0.15, -0.1) is 0 Å². The van der Waals surface area contributed by atoms with Gasteiger partial charge in [-0.2, -0.15) is 11.8 Å². The molecule has 0 aliphatic heterocycles. The molecule has 0 amide bonds. The molecule has 1 aromatic heterocycles. The molecule has 4 heteroatoms. The summed E-state index contributed by atoms with van der Waals surface area (Å²) in [5, 5.41) is 4.45. The van der Waals surface area contributed by atoms with E-state index in [1.54, 1.807) is 6.33 Å². The van der Waals surface area contributed by atoms with Crippen LogP contribution < -0.4 is 5.32 Å². The molecule has 1 fully saturated rings. The molecular formula is C14H21N3S. The van der Waals surface area contributed by atoms with E-state index >= 15 is 0 Å². The molecule has 0 bridgehead atoms. The van der Waals surface area contributed by atoms with Crippen LogP contribution in [0, 0.1) is 0 Å². The van der Waals surface area contributed by atoms with Crippen molar-refractivity contribution >= 4 is 17.6 Å². The van der Waals surface area contributed by atoms with Crippen molar-refractivity contribution in [1.29, 1.82) is 0 Å². The van der Waals surface area contributed by atoms with E-state index in [2.05, 4.69) is 21.5 Å². The van der Waals surface area contributed by atoms with Gasteiger partial charge in [0.15, 0.2) is 0 Å². The van der Waals surface area contributed by atoms with E-state index in [9.17, 15) is 0 Å². The molecule has 2 unspecified atom stereocenters. The summed E-state index contributed by atoms with van der Waals surface area (Å²) in [6.07, 6.45) is 12.8. The van der Waals surface area contributed by atoms with Crippen LogP contribution in [-0.2, 0) is 12.8 Å². The van der Waals surface area contributed by atoms with Crippen LogP contribution >= 0.6 is 11.8 Å². The molecule has 3 rings (SSSR count). The Kier molecular flexibility index (Phi) is 3.73. The van der Waals surface area contributed by atoms with E-state index in [4.69, 9.17) is 0 Å². The third-order valence-corrected chi connectivity index (χ3v) is 5.37. The summed E-state index contributed by atoms with van der Waals surface area (Å²) in [4.78, 5) is 8.93. The lowest BCUT2D eigenvalue weighted by Gasteiger charge is -2.23. The van der Waals surface area contributed by atoms with E-state index < -0.39 is 0 Å². The summed E-state index contributed by atoms with van der Waals surface area (Å²) in [6.45, 7) is 0. The first-order valence-electron chi connectivity index (χ1n) is 7.00. The molecule has 1 heterocycles. The van der Waals surface area contributed by atoms with E-state index in [0.29, 0.717) is 6.04 Å². The normalized spacial score (nSPS) is 26.9.